The first-order valence-corrected chi connectivity index (χ1v) is 37.8. The maximum absolute atomic E-state index is 12.8. The summed E-state index contributed by atoms with van der Waals surface area (Å²) in [5.74, 6) is -0.826. The number of hydrogen-bond acceptors (Lipinski definition) is 8. The van der Waals surface area contributed by atoms with E-state index >= 15 is 0 Å². The Kier molecular flexibility index (Phi) is 69.6. The van der Waals surface area contributed by atoms with Crippen LogP contribution in [0.25, 0.3) is 0 Å². The maximum Gasteiger partial charge on any atom is 0.472 e. The fraction of sp³-hybridized carbons (Fsp3) is 0.671. The second kappa shape index (κ2) is 72.9. The van der Waals surface area contributed by atoms with E-state index < -0.39 is 26.5 Å². The molecule has 10 heteroatoms. The monoisotopic (exact) mass is 1260 g/mol. The van der Waals surface area contributed by atoms with Gasteiger partial charge in [-0.2, -0.15) is 0 Å². The van der Waals surface area contributed by atoms with Crippen molar-refractivity contribution >= 4 is 19.8 Å². The number of allylic oxidation sites excluding steroid dienone is 24. The van der Waals surface area contributed by atoms with Gasteiger partial charge >= 0.3 is 19.8 Å². The van der Waals surface area contributed by atoms with Crippen molar-refractivity contribution in [3.05, 3.63) is 146 Å². The Hall–Kier alpha value is -4.11. The van der Waals surface area contributed by atoms with Crippen molar-refractivity contribution in [2.75, 3.05) is 26.4 Å². The van der Waals surface area contributed by atoms with Gasteiger partial charge in [0.05, 0.1) is 13.2 Å². The number of phosphoric ester groups is 1. The molecular weight excluding hydrogens is 1120 g/mol. The average molecular weight is 1260 g/mol. The van der Waals surface area contributed by atoms with Crippen LogP contribution in [-0.2, 0) is 32.7 Å². The number of unbranched alkanes of at least 4 members (excludes halogenated alkanes) is 30. The molecule has 2 atom stereocenters. The molecule has 0 aromatic heterocycles. The van der Waals surface area contributed by atoms with Gasteiger partial charge in [0, 0.05) is 19.4 Å². The Bertz CT molecular complexity index is 1970. The van der Waals surface area contributed by atoms with E-state index in [4.69, 9.17) is 24.3 Å². The van der Waals surface area contributed by atoms with Crippen LogP contribution in [0.4, 0.5) is 0 Å². The predicted molar refractivity (Wildman–Crippen MR) is 385 cm³/mol. The Morgan fingerprint density at radius 2 is 0.584 bits per heavy atom. The van der Waals surface area contributed by atoms with Crippen LogP contribution in [0.3, 0.4) is 0 Å². The van der Waals surface area contributed by atoms with E-state index in [1.807, 2.05) is 0 Å². The van der Waals surface area contributed by atoms with Gasteiger partial charge in [-0.25, -0.2) is 4.57 Å². The SMILES string of the molecule is CC/C=C\C/C=C\C/C=C\C/C=C\C/C=C\C/C=C\C/C=C\C/C=C\CCCCCCCCCCCCCCC(=O)OC(COC(=O)CCCCCCCCCCCCCCCCCCCC/C=C\C/C=C\C/C=C\C/C=C\CC)COP(=O)(O)OCCN. The molecule has 508 valence electrons. The normalized spacial score (nSPS) is 13.8. The molecule has 0 spiro atoms. The van der Waals surface area contributed by atoms with Gasteiger partial charge in [-0.3, -0.25) is 18.6 Å². The third-order valence-corrected chi connectivity index (χ3v) is 16.2. The Morgan fingerprint density at radius 1 is 0.337 bits per heavy atom. The van der Waals surface area contributed by atoms with Crippen LogP contribution < -0.4 is 5.73 Å². The molecule has 9 nitrogen and oxygen atoms in total. The van der Waals surface area contributed by atoms with Crippen molar-refractivity contribution in [3.63, 3.8) is 0 Å². The highest BCUT2D eigenvalue weighted by molar-refractivity contribution is 7.47. The van der Waals surface area contributed by atoms with Gasteiger partial charge in [0.15, 0.2) is 6.10 Å². The lowest BCUT2D eigenvalue weighted by molar-refractivity contribution is -0.161. The molecule has 89 heavy (non-hydrogen) atoms. The van der Waals surface area contributed by atoms with Gasteiger partial charge in [-0.1, -0.05) is 327 Å². The largest absolute Gasteiger partial charge is 0.472 e. The third kappa shape index (κ3) is 72.8. The molecule has 0 bridgehead atoms. The highest BCUT2D eigenvalue weighted by Gasteiger charge is 2.26. The molecule has 0 aliphatic heterocycles. The first-order valence-electron chi connectivity index (χ1n) is 36.3. The van der Waals surface area contributed by atoms with Gasteiger partial charge in [0.25, 0.3) is 0 Å². The molecule has 0 aromatic carbocycles. The molecule has 0 aliphatic rings. The van der Waals surface area contributed by atoms with Crippen LogP contribution in [0.1, 0.15) is 309 Å². The van der Waals surface area contributed by atoms with Crippen molar-refractivity contribution < 1.29 is 37.6 Å². The van der Waals surface area contributed by atoms with Crippen molar-refractivity contribution in [1.29, 1.82) is 0 Å². The highest BCUT2D eigenvalue weighted by atomic mass is 31.2. The summed E-state index contributed by atoms with van der Waals surface area (Å²) in [4.78, 5) is 35.4. The van der Waals surface area contributed by atoms with Crippen molar-refractivity contribution in [1.82, 2.24) is 0 Å². The predicted octanol–water partition coefficient (Wildman–Crippen LogP) is 24.2. The van der Waals surface area contributed by atoms with Crippen molar-refractivity contribution in [2.45, 2.75) is 315 Å². The fourth-order valence-electron chi connectivity index (χ4n) is 9.94. The summed E-state index contributed by atoms with van der Waals surface area (Å²) >= 11 is 0. The fourth-order valence-corrected chi connectivity index (χ4v) is 10.7. The lowest BCUT2D eigenvalue weighted by atomic mass is 10.0. The van der Waals surface area contributed by atoms with Gasteiger partial charge in [-0.15, -0.1) is 0 Å². The zero-order chi connectivity index (χ0) is 64.4. The van der Waals surface area contributed by atoms with Crippen LogP contribution in [-0.4, -0.2) is 49.3 Å². The summed E-state index contributed by atoms with van der Waals surface area (Å²) < 4.78 is 33.2. The van der Waals surface area contributed by atoms with E-state index in [1.165, 1.54) is 161 Å². The molecule has 0 aromatic rings. The summed E-state index contributed by atoms with van der Waals surface area (Å²) in [5.41, 5.74) is 5.41. The molecule has 3 N–H and O–H groups in total. The first-order chi connectivity index (χ1) is 43.8. The average Bonchev–Trinajstić information content (AvgIpc) is 3.68. The van der Waals surface area contributed by atoms with Gasteiger partial charge in [-0.05, 0) is 116 Å². The minimum absolute atomic E-state index is 0.0484. The highest BCUT2D eigenvalue weighted by Crippen LogP contribution is 2.43. The second-order valence-electron chi connectivity index (χ2n) is 23.7. The van der Waals surface area contributed by atoms with Crippen LogP contribution >= 0.6 is 7.82 Å². The van der Waals surface area contributed by atoms with Crippen LogP contribution in [0.2, 0.25) is 0 Å². The van der Waals surface area contributed by atoms with Gasteiger partial charge < -0.3 is 20.1 Å². The molecule has 0 saturated carbocycles. The number of esters is 2. The first kappa shape index (κ1) is 84.9. The molecule has 0 heterocycles. The Labute approximate surface area is 547 Å². The summed E-state index contributed by atoms with van der Waals surface area (Å²) in [5, 5.41) is 0. The van der Waals surface area contributed by atoms with E-state index in [1.54, 1.807) is 0 Å². The number of phosphoric acid groups is 1. The topological polar surface area (TPSA) is 134 Å². The van der Waals surface area contributed by atoms with Crippen molar-refractivity contribution in [3.8, 4) is 0 Å². The van der Waals surface area contributed by atoms with E-state index in [-0.39, 0.29) is 38.6 Å². The van der Waals surface area contributed by atoms with E-state index in [0.29, 0.717) is 6.42 Å². The second-order valence-corrected chi connectivity index (χ2v) is 25.1. The third-order valence-electron chi connectivity index (χ3n) is 15.2. The quantitative estimate of drug-likeness (QED) is 0.0264. The zero-order valence-corrected chi connectivity index (χ0v) is 58.0. The molecular formula is C79H134NO8P. The summed E-state index contributed by atoms with van der Waals surface area (Å²) in [6.45, 7) is 3.54. The van der Waals surface area contributed by atoms with E-state index in [9.17, 15) is 19.0 Å². The molecule has 0 aliphatic carbocycles. The zero-order valence-electron chi connectivity index (χ0n) is 57.1. The van der Waals surface area contributed by atoms with Crippen molar-refractivity contribution in [2.24, 2.45) is 5.73 Å². The maximum atomic E-state index is 12.8. The Balaban J connectivity index is 3.89. The van der Waals surface area contributed by atoms with E-state index in [2.05, 4.69) is 160 Å². The molecule has 0 radical (unpaired) electrons. The molecule has 0 saturated heterocycles. The van der Waals surface area contributed by atoms with Gasteiger partial charge in [0.1, 0.15) is 6.61 Å². The van der Waals surface area contributed by atoms with Crippen LogP contribution in [0.5, 0.6) is 0 Å². The summed E-state index contributed by atoms with van der Waals surface area (Å²) in [6.07, 6.45) is 105. The summed E-state index contributed by atoms with van der Waals surface area (Å²) in [7, 11) is -4.40. The number of rotatable bonds is 67. The Morgan fingerprint density at radius 3 is 0.865 bits per heavy atom. The van der Waals surface area contributed by atoms with E-state index in [0.717, 1.165) is 116 Å². The number of carbonyl (C=O) groups is 2. The number of ether oxygens (including phenoxy) is 2. The van der Waals surface area contributed by atoms with Crippen LogP contribution in [0, 0.1) is 0 Å². The smallest absolute Gasteiger partial charge is 0.462 e. The molecule has 0 amide bonds. The van der Waals surface area contributed by atoms with Gasteiger partial charge in [0.2, 0.25) is 0 Å². The number of hydrogen-bond donors (Lipinski definition) is 2. The number of carbonyl (C=O) groups excluding carboxylic acids is 2. The standard InChI is InChI=1S/C79H134NO8P/c1-3-5-7-9-11-13-15-17-19-21-23-25-27-29-31-33-35-36-37-38-39-40-42-44-46-48-50-52-54-56-58-60-62-64-66-68-70-72-79(82)88-77(76-87-89(83,84)86-74-73-80)75-85-78(81)71-69-67-65-63-61-59-57-55-53-51-49-47-45-43-41-34-32-30-28-26-24-22-20-18-16-14-12-10-8-6-4-2/h5-8,11-14,17-20,23-26,29,31,35-36,38-39,42,44,77H,3-4,9-10,15-16,21-22,27-28,30,32-34,37,40-41,43,45-76,80H2,1-2H3,(H,83,84)/b7-5-,8-6-,13-11-,14-12-,19-17-,20-18-,25-23-,26-24-,31-29-,36-35-,39-38-,44-42-. The molecule has 2 unspecified atom stereocenters. The minimum Gasteiger partial charge on any atom is -0.462 e. The lowest BCUT2D eigenvalue weighted by Crippen LogP contribution is -2.29. The van der Waals surface area contributed by atoms with Crippen LogP contribution in [0.15, 0.2) is 146 Å². The summed E-state index contributed by atoms with van der Waals surface area (Å²) in [6, 6.07) is 0. The molecule has 0 fully saturated rings. The lowest BCUT2D eigenvalue weighted by Gasteiger charge is -2.19. The number of nitrogens with two attached hydrogens (primary N) is 1. The minimum atomic E-state index is -4.40. The molecule has 0 rings (SSSR count).